The molecule has 1 atom stereocenters. The number of halogens is 1. The van der Waals surface area contributed by atoms with Gasteiger partial charge in [0.05, 0.1) is 8.15 Å². The molecule has 0 aromatic heterocycles. The quantitative estimate of drug-likeness (QED) is 0.613. The van der Waals surface area contributed by atoms with Gasteiger partial charge in [0.2, 0.25) is 0 Å². The predicted octanol–water partition coefficient (Wildman–Crippen LogP) is 1.47. The first-order valence-corrected chi connectivity index (χ1v) is 4.62. The van der Waals surface area contributed by atoms with Crippen LogP contribution in [0.2, 0.25) is 0 Å². The Morgan fingerprint density at radius 3 is 2.20 bits per heavy atom. The van der Waals surface area contributed by atoms with E-state index < -0.39 is 8.15 Å². The van der Waals surface area contributed by atoms with Crippen LogP contribution in [0.5, 0.6) is 0 Å². The van der Waals surface area contributed by atoms with E-state index in [2.05, 4.69) is 0 Å². The topological polar surface area (TPSA) is 20.2 Å². The van der Waals surface area contributed by atoms with Crippen molar-refractivity contribution in [3.05, 3.63) is 30.1 Å². The molecular weight excluding hydrogens is 150 g/mol. The van der Waals surface area contributed by atoms with E-state index in [0.29, 0.717) is 0 Å². The molecule has 0 spiro atoms. The summed E-state index contributed by atoms with van der Waals surface area (Å²) in [6.07, 6.45) is 0. The van der Waals surface area contributed by atoms with Gasteiger partial charge in [0.15, 0.2) is 0 Å². The van der Waals surface area contributed by atoms with Gasteiger partial charge in [-0.3, -0.25) is 0 Å². The SMILES string of the molecule is CP(O)c1ccc(F)cc1. The molecule has 0 radical (unpaired) electrons. The van der Waals surface area contributed by atoms with Crippen LogP contribution in [0.1, 0.15) is 0 Å². The highest BCUT2D eigenvalue weighted by Gasteiger charge is 1.98. The minimum atomic E-state index is -1.07. The number of rotatable bonds is 1. The van der Waals surface area contributed by atoms with E-state index in [1.165, 1.54) is 12.1 Å². The molecule has 1 unspecified atom stereocenters. The average Bonchev–Trinajstić information content (AvgIpc) is 1.88. The van der Waals surface area contributed by atoms with Crippen LogP contribution in [0.3, 0.4) is 0 Å². The van der Waals surface area contributed by atoms with Crippen molar-refractivity contribution in [1.82, 2.24) is 0 Å². The lowest BCUT2D eigenvalue weighted by Crippen LogP contribution is -1.97. The van der Waals surface area contributed by atoms with Gasteiger partial charge in [-0.25, -0.2) is 4.39 Å². The molecule has 0 saturated heterocycles. The Labute approximate surface area is 60.3 Å². The first-order chi connectivity index (χ1) is 4.70. The summed E-state index contributed by atoms with van der Waals surface area (Å²) in [7, 11) is -1.07. The first kappa shape index (κ1) is 7.64. The molecule has 0 amide bonds. The van der Waals surface area contributed by atoms with Gasteiger partial charge in [0, 0.05) is 5.30 Å². The number of hydrogen-bond acceptors (Lipinski definition) is 1. The molecular formula is C7H8FOP. The lowest BCUT2D eigenvalue weighted by Gasteiger charge is -2.01. The second-order valence-corrected chi connectivity index (χ2v) is 3.56. The van der Waals surface area contributed by atoms with Gasteiger partial charge in [-0.15, -0.1) is 0 Å². The molecule has 0 aliphatic heterocycles. The molecule has 0 aliphatic carbocycles. The third-order valence-corrected chi connectivity index (χ3v) is 2.25. The zero-order valence-electron chi connectivity index (χ0n) is 5.58. The van der Waals surface area contributed by atoms with Crippen LogP contribution < -0.4 is 5.30 Å². The van der Waals surface area contributed by atoms with Crippen LogP contribution in [0, 0.1) is 5.82 Å². The fourth-order valence-corrected chi connectivity index (χ4v) is 1.24. The molecule has 3 heteroatoms. The van der Waals surface area contributed by atoms with Crippen molar-refractivity contribution in [3.63, 3.8) is 0 Å². The van der Waals surface area contributed by atoms with Crippen LogP contribution in [0.4, 0.5) is 4.39 Å². The second kappa shape index (κ2) is 3.09. The van der Waals surface area contributed by atoms with Crippen molar-refractivity contribution in [2.24, 2.45) is 0 Å². The minimum absolute atomic E-state index is 0.263. The molecule has 1 N–H and O–H groups in total. The Bertz CT molecular complexity index is 207. The van der Waals surface area contributed by atoms with E-state index >= 15 is 0 Å². The van der Waals surface area contributed by atoms with Crippen LogP contribution in [0.25, 0.3) is 0 Å². The van der Waals surface area contributed by atoms with E-state index in [0.717, 1.165) is 5.30 Å². The Hall–Kier alpha value is -0.460. The van der Waals surface area contributed by atoms with E-state index in [9.17, 15) is 4.39 Å². The van der Waals surface area contributed by atoms with Crippen molar-refractivity contribution in [2.75, 3.05) is 6.66 Å². The van der Waals surface area contributed by atoms with Gasteiger partial charge < -0.3 is 4.89 Å². The van der Waals surface area contributed by atoms with Crippen molar-refractivity contribution in [2.45, 2.75) is 0 Å². The average molecular weight is 158 g/mol. The lowest BCUT2D eigenvalue weighted by molar-refractivity contribution is 0.627. The maximum absolute atomic E-state index is 12.3. The zero-order chi connectivity index (χ0) is 7.56. The number of benzene rings is 1. The highest BCUT2D eigenvalue weighted by Crippen LogP contribution is 2.21. The summed E-state index contributed by atoms with van der Waals surface area (Å²) >= 11 is 0. The third kappa shape index (κ3) is 1.76. The van der Waals surface area contributed by atoms with E-state index in [4.69, 9.17) is 4.89 Å². The second-order valence-electron chi connectivity index (χ2n) is 2.00. The molecule has 0 saturated carbocycles. The van der Waals surface area contributed by atoms with Gasteiger partial charge in [0.25, 0.3) is 0 Å². The molecule has 10 heavy (non-hydrogen) atoms. The summed E-state index contributed by atoms with van der Waals surface area (Å²) in [6, 6.07) is 5.90. The van der Waals surface area contributed by atoms with Crippen molar-refractivity contribution in [1.29, 1.82) is 0 Å². The molecule has 1 rings (SSSR count). The maximum Gasteiger partial charge on any atom is 0.123 e. The van der Waals surface area contributed by atoms with E-state index in [1.807, 2.05) is 0 Å². The van der Waals surface area contributed by atoms with Gasteiger partial charge in [-0.05, 0) is 30.9 Å². The summed E-state index contributed by atoms with van der Waals surface area (Å²) in [4.78, 5) is 9.06. The Morgan fingerprint density at radius 2 is 1.80 bits per heavy atom. The molecule has 1 aromatic rings. The first-order valence-electron chi connectivity index (χ1n) is 2.88. The van der Waals surface area contributed by atoms with E-state index in [-0.39, 0.29) is 5.82 Å². The van der Waals surface area contributed by atoms with Gasteiger partial charge in [-0.2, -0.15) is 0 Å². The smallest absolute Gasteiger partial charge is 0.123 e. The molecule has 54 valence electrons. The normalized spacial score (nSPS) is 13.1. The summed E-state index contributed by atoms with van der Waals surface area (Å²) in [6.45, 7) is 1.71. The Morgan fingerprint density at radius 1 is 1.30 bits per heavy atom. The Kier molecular flexibility index (Phi) is 2.36. The Balaban J connectivity index is 2.89. The minimum Gasteiger partial charge on any atom is -0.369 e. The van der Waals surface area contributed by atoms with Crippen LogP contribution in [-0.4, -0.2) is 11.6 Å². The van der Waals surface area contributed by atoms with Crippen LogP contribution in [0.15, 0.2) is 24.3 Å². The van der Waals surface area contributed by atoms with Gasteiger partial charge in [0.1, 0.15) is 5.82 Å². The zero-order valence-corrected chi connectivity index (χ0v) is 6.48. The molecule has 0 heterocycles. The molecule has 1 nitrogen and oxygen atoms in total. The number of hydrogen-bond donors (Lipinski definition) is 1. The van der Waals surface area contributed by atoms with Crippen molar-refractivity contribution < 1.29 is 9.28 Å². The lowest BCUT2D eigenvalue weighted by atomic mass is 10.4. The summed E-state index contributed by atoms with van der Waals surface area (Å²) in [5.41, 5.74) is 0. The van der Waals surface area contributed by atoms with Gasteiger partial charge in [-0.1, -0.05) is 0 Å². The van der Waals surface area contributed by atoms with Crippen molar-refractivity contribution in [3.8, 4) is 0 Å². The summed E-state index contributed by atoms with van der Waals surface area (Å²) in [5, 5.41) is 0.802. The fraction of sp³-hybridized carbons (Fsp3) is 0.143. The largest absolute Gasteiger partial charge is 0.369 e. The standard InChI is InChI=1S/C7H8FOP/c1-10(9)7-4-2-6(8)3-5-7/h2-5,9H,1H3. The fourth-order valence-electron chi connectivity index (χ4n) is 0.657. The molecule has 0 fully saturated rings. The van der Waals surface area contributed by atoms with Gasteiger partial charge >= 0.3 is 0 Å². The summed E-state index contributed by atoms with van der Waals surface area (Å²) < 4.78 is 12.3. The molecule has 1 aromatic carbocycles. The summed E-state index contributed by atoms with van der Waals surface area (Å²) in [5.74, 6) is -0.263. The maximum atomic E-state index is 12.3. The highest BCUT2D eigenvalue weighted by atomic mass is 31.1. The molecule has 0 bridgehead atoms. The highest BCUT2D eigenvalue weighted by molar-refractivity contribution is 7.59. The van der Waals surface area contributed by atoms with E-state index in [1.54, 1.807) is 18.8 Å². The van der Waals surface area contributed by atoms with Crippen LogP contribution >= 0.6 is 8.15 Å². The molecule has 0 aliphatic rings. The predicted molar refractivity (Wildman–Crippen MR) is 41.1 cm³/mol. The third-order valence-electron chi connectivity index (χ3n) is 1.20. The van der Waals surface area contributed by atoms with Crippen molar-refractivity contribution >= 4 is 13.5 Å². The monoisotopic (exact) mass is 158 g/mol. The van der Waals surface area contributed by atoms with Crippen LogP contribution in [-0.2, 0) is 0 Å².